The van der Waals surface area contributed by atoms with Crippen LogP contribution in [0.5, 0.6) is 23.0 Å². The fourth-order valence-electron chi connectivity index (χ4n) is 19.8. The molecule has 10 fully saturated rings. The van der Waals surface area contributed by atoms with E-state index in [-0.39, 0.29) is 121 Å². The third-order valence-corrected chi connectivity index (χ3v) is 28.2. The van der Waals surface area contributed by atoms with Crippen molar-refractivity contribution in [2.75, 3.05) is 117 Å². The minimum atomic E-state index is -1.05. The molecule has 128 heavy (non-hydrogen) atoms. The van der Waals surface area contributed by atoms with E-state index >= 15 is 0 Å². The van der Waals surface area contributed by atoms with Crippen LogP contribution in [0.1, 0.15) is 159 Å². The van der Waals surface area contributed by atoms with Crippen LogP contribution in [-0.4, -0.2) is 242 Å². The number of halogens is 2. The van der Waals surface area contributed by atoms with Crippen molar-refractivity contribution in [3.63, 3.8) is 0 Å². The van der Waals surface area contributed by atoms with Crippen LogP contribution in [0, 0.1) is 69.0 Å². The van der Waals surface area contributed by atoms with Gasteiger partial charge in [0.15, 0.2) is 11.6 Å². The van der Waals surface area contributed by atoms with E-state index in [9.17, 15) is 38.4 Å². The Morgan fingerprint density at radius 2 is 0.891 bits per heavy atom. The van der Waals surface area contributed by atoms with Crippen LogP contribution >= 0.6 is 23.2 Å². The van der Waals surface area contributed by atoms with Crippen LogP contribution in [0.15, 0.2) is 83.1 Å². The van der Waals surface area contributed by atoms with Crippen molar-refractivity contribution in [1.82, 2.24) is 39.5 Å². The summed E-state index contributed by atoms with van der Waals surface area (Å²) < 4.78 is 70.8. The second-order valence-corrected chi connectivity index (χ2v) is 40.2. The minimum Gasteiger partial charge on any atom is -0.491 e. The van der Waals surface area contributed by atoms with Crippen molar-refractivity contribution in [1.29, 1.82) is 0 Å². The maximum Gasteiger partial charge on any atom is 0.312 e. The monoisotopic (exact) mass is 1810 g/mol. The third kappa shape index (κ3) is 21.3. The van der Waals surface area contributed by atoms with E-state index in [1.807, 2.05) is 81.4 Å². The van der Waals surface area contributed by atoms with Crippen molar-refractivity contribution in [2.45, 2.75) is 208 Å². The molecule has 30 nitrogen and oxygen atoms in total. The summed E-state index contributed by atoms with van der Waals surface area (Å²) in [7, 11) is 2.62. The quantitative estimate of drug-likeness (QED) is 0.0210. The number of rotatable bonds is 36. The number of ether oxygens (including phenoxy) is 10. The normalized spacial score (nSPS) is 26.9. The molecule has 4 aromatic heterocycles. The number of ketones is 2. The SMILES string of the molecule is C=C[C@@H]1CC1(CC(=O)[C@@H]1C[C@@H](Oc2cc(-c3coc(NC(C)C)n3)nc3c(Cl)c(OCCN4CCOCC4)ccc23)CN1C(=O)[C@@H](CC(=O)OC1C[C@@H]2C[C@@H]2C1)C(C)(C)C)C(=O)OC.C=C[C@@H]1CC1(CC(=O)[C@@H]1C[C@@H](Oc2cc(-c3coc(NC(C)C)n3)nc3c(Cl)c(OCCN4CCOCC4)ccc23)CN1C(=O)[C@@H](CC(=O)OC1C[C@@H]2C[C@@H]2C1)C(C)(C)C)C(=O)OC. The molecular formula is C96H124Cl2N10O20. The molecule has 6 aromatic rings. The lowest BCUT2D eigenvalue weighted by Gasteiger charge is -2.35. The van der Waals surface area contributed by atoms with E-state index in [1.165, 1.54) is 39.6 Å². The van der Waals surface area contributed by atoms with Gasteiger partial charge in [0.1, 0.15) is 94.6 Å². The number of pyridine rings is 2. The summed E-state index contributed by atoms with van der Waals surface area (Å²) >= 11 is 14.2. The summed E-state index contributed by atoms with van der Waals surface area (Å²) in [5, 5.41) is 8.08. The number of nitrogens with one attached hydrogen (secondary N) is 2. The molecule has 2 amide bonds. The van der Waals surface area contributed by atoms with Crippen molar-refractivity contribution in [2.24, 2.45) is 69.0 Å². The van der Waals surface area contributed by atoms with Gasteiger partial charge in [0, 0.05) is 99.9 Å². The molecule has 2 N–H and O–H groups in total. The number of benzene rings is 2. The van der Waals surface area contributed by atoms with Gasteiger partial charge in [-0.25, -0.2) is 9.97 Å². The topological polar surface area (TPSA) is 344 Å². The van der Waals surface area contributed by atoms with Crippen LogP contribution in [0.3, 0.4) is 0 Å². The largest absolute Gasteiger partial charge is 0.491 e. The Hall–Kier alpha value is -9.46. The number of anilines is 2. The molecule has 6 aliphatic carbocycles. The molecule has 4 aliphatic heterocycles. The van der Waals surface area contributed by atoms with Crippen LogP contribution < -0.4 is 29.6 Å². The predicted octanol–water partition coefficient (Wildman–Crippen LogP) is 14.3. The number of hydrogen-bond acceptors (Lipinski definition) is 28. The molecule has 692 valence electrons. The second kappa shape index (κ2) is 38.9. The average Bonchev–Trinajstić information content (AvgIpc) is 1.58. The summed E-state index contributed by atoms with van der Waals surface area (Å²) in [5.74, 6) is -0.861. The van der Waals surface area contributed by atoms with E-state index in [0.29, 0.717) is 169 Å². The first-order valence-electron chi connectivity index (χ1n) is 45.5. The van der Waals surface area contributed by atoms with E-state index in [2.05, 4.69) is 43.6 Å². The maximum atomic E-state index is 15.0. The lowest BCUT2D eigenvalue weighted by molar-refractivity contribution is -0.157. The number of likely N-dealkylation sites (tertiary alicyclic amines) is 2. The second-order valence-electron chi connectivity index (χ2n) is 39.4. The summed E-state index contributed by atoms with van der Waals surface area (Å²) in [6, 6.07) is 9.63. The molecule has 4 saturated heterocycles. The number of carbonyl (C=O) groups is 8. The zero-order valence-corrected chi connectivity index (χ0v) is 77.2. The van der Waals surface area contributed by atoms with E-state index in [1.54, 1.807) is 46.2 Å². The molecule has 16 atom stereocenters. The molecule has 16 rings (SSSR count). The molecule has 0 bridgehead atoms. The van der Waals surface area contributed by atoms with E-state index < -0.39 is 81.7 Å². The summed E-state index contributed by atoms with van der Waals surface area (Å²) in [5.41, 5.74) is -0.885. The predicted molar refractivity (Wildman–Crippen MR) is 478 cm³/mol. The van der Waals surface area contributed by atoms with Crippen molar-refractivity contribution >= 4 is 104 Å². The van der Waals surface area contributed by atoms with E-state index in [0.717, 1.165) is 51.9 Å². The Balaban J connectivity index is 0.000000197. The number of aromatic nitrogens is 4. The third-order valence-electron chi connectivity index (χ3n) is 27.4. The first kappa shape index (κ1) is 93.2. The van der Waals surface area contributed by atoms with Gasteiger partial charge < -0.3 is 76.6 Å². The van der Waals surface area contributed by atoms with Gasteiger partial charge in [-0.05, 0) is 150 Å². The first-order valence-corrected chi connectivity index (χ1v) is 46.3. The molecule has 8 heterocycles. The van der Waals surface area contributed by atoms with Crippen LogP contribution in [0.4, 0.5) is 12.0 Å². The van der Waals surface area contributed by atoms with Crippen molar-refractivity contribution in [3.05, 3.63) is 84.3 Å². The fourth-order valence-corrected chi connectivity index (χ4v) is 20.3. The number of carbonyl (C=O) groups excluding carboxylic acids is 8. The van der Waals surface area contributed by atoms with Crippen LogP contribution in [0.2, 0.25) is 10.0 Å². The molecular weight excluding hydrogens is 1680 g/mol. The standard InChI is InChI=1S/2C48H62ClN5O10/c2*1-8-30-23-48(30,45(58)59-7)24-38(55)37-20-32(25-54(37)44(57)34(47(4,5)6)21-41(56)64-31-18-28-17-29(28)19-31)63-40-22-35(36-26-62-46(52-36)50-27(2)3)51-43-33(40)9-10-39(42(43)49)61-16-13-53-11-14-60-15-12-53/h2*8-10,22,26-32,34,37H,1,11-21,23-25H2,2-7H3,(H,50,52)/t2*28-,29+,30-,31?,32-,34-,37+,48?/m11/s1. The van der Waals surface area contributed by atoms with Gasteiger partial charge in [0.05, 0.1) is 124 Å². The highest BCUT2D eigenvalue weighted by Crippen LogP contribution is 2.60. The van der Waals surface area contributed by atoms with Gasteiger partial charge in [0.2, 0.25) is 11.8 Å². The number of hydrogen-bond donors (Lipinski definition) is 2. The number of Topliss-reactive ketones (excluding diaryl/α,β-unsaturated/α-hetero) is 2. The number of allylic oxidation sites excluding steroid dienone is 2. The van der Waals surface area contributed by atoms with Gasteiger partial charge in [-0.15, -0.1) is 13.2 Å². The average molecular weight is 1810 g/mol. The number of nitrogens with zero attached hydrogens (tertiary/aromatic N) is 8. The zero-order chi connectivity index (χ0) is 91.0. The highest BCUT2D eigenvalue weighted by Gasteiger charge is 2.63. The highest BCUT2D eigenvalue weighted by atomic mass is 35.5. The summed E-state index contributed by atoms with van der Waals surface area (Å²) in [6.07, 6.45) is 11.2. The zero-order valence-electron chi connectivity index (χ0n) is 75.7. The molecule has 10 aliphatic rings. The molecule has 32 heteroatoms. The fraction of sp³-hybridized carbons (Fsp3) is 0.625. The van der Waals surface area contributed by atoms with Gasteiger partial charge in [0.25, 0.3) is 12.0 Å². The number of fused-ring (bicyclic) bond motifs is 4. The Bertz CT molecular complexity index is 4800. The molecule has 0 spiro atoms. The lowest BCUT2D eigenvalue weighted by atomic mass is 9.77. The maximum absolute atomic E-state index is 15.0. The summed E-state index contributed by atoms with van der Waals surface area (Å²) in [4.78, 5) is 139. The summed E-state index contributed by atoms with van der Waals surface area (Å²) in [6.45, 7) is 35.5. The van der Waals surface area contributed by atoms with E-state index in [4.69, 9.17) is 89.4 Å². The smallest absolute Gasteiger partial charge is 0.312 e. The lowest BCUT2D eigenvalue weighted by Crippen LogP contribution is -2.48. The first-order chi connectivity index (χ1) is 61.1. The molecule has 0 radical (unpaired) electrons. The minimum absolute atomic E-state index is 0.0427. The van der Waals surface area contributed by atoms with Gasteiger partial charge in [-0.2, -0.15) is 9.97 Å². The Morgan fingerprint density at radius 3 is 1.23 bits per heavy atom. The van der Waals surface area contributed by atoms with Crippen molar-refractivity contribution in [3.8, 4) is 45.8 Å². The highest BCUT2D eigenvalue weighted by molar-refractivity contribution is 6.37. The number of amides is 2. The number of morpholine rings is 2. The number of esters is 4. The van der Waals surface area contributed by atoms with Crippen LogP contribution in [-0.2, 0) is 66.8 Å². The van der Waals surface area contributed by atoms with Gasteiger partial charge in [-0.3, -0.25) is 48.2 Å². The number of methoxy groups -OCH3 is 2. The number of oxazole rings is 2. The molecule has 4 unspecified atom stereocenters. The molecule has 6 saturated carbocycles. The Kier molecular flexibility index (Phi) is 28.3. The van der Waals surface area contributed by atoms with Gasteiger partial charge in [-0.1, -0.05) is 76.9 Å². The molecule has 2 aromatic carbocycles. The van der Waals surface area contributed by atoms with Crippen LogP contribution in [0.25, 0.3) is 44.6 Å². The Labute approximate surface area is 757 Å². The Morgan fingerprint density at radius 1 is 0.516 bits per heavy atom. The van der Waals surface area contributed by atoms with Crippen molar-refractivity contribution < 1.29 is 94.6 Å². The van der Waals surface area contributed by atoms with Gasteiger partial charge >= 0.3 is 23.9 Å².